The minimum absolute atomic E-state index is 0.0745. The molecule has 4 N–H and O–H groups in total. The zero-order valence-electron chi connectivity index (χ0n) is 34.3. The minimum atomic E-state index is -0.160. The number of phenolic OH excluding ortho intramolecular Hbond substituents is 4. The van der Waals surface area contributed by atoms with Gasteiger partial charge in [0.2, 0.25) is 0 Å². The van der Waals surface area contributed by atoms with Gasteiger partial charge in [-0.2, -0.15) is 0 Å². The molecule has 8 heteroatoms. The van der Waals surface area contributed by atoms with Crippen molar-refractivity contribution in [2.45, 2.75) is 106 Å². The quantitative estimate of drug-likeness (QED) is 0.0581. The number of hydrogen-bond donors (Lipinski definition) is 4. The Bertz CT molecular complexity index is 1950. The van der Waals surface area contributed by atoms with Crippen molar-refractivity contribution >= 4 is 23.7 Å². The van der Waals surface area contributed by atoms with E-state index in [0.29, 0.717) is 41.6 Å². The summed E-state index contributed by atoms with van der Waals surface area (Å²) in [6.07, 6.45) is 11.5. The van der Waals surface area contributed by atoms with Crippen molar-refractivity contribution in [1.29, 1.82) is 0 Å². The van der Waals surface area contributed by atoms with Crippen molar-refractivity contribution in [2.24, 2.45) is 0 Å². The molecule has 0 aromatic heterocycles. The summed E-state index contributed by atoms with van der Waals surface area (Å²) in [6.45, 7) is 17.4. The highest BCUT2D eigenvalue weighted by molar-refractivity contribution is 6.07. The number of phenols is 4. The first-order chi connectivity index (χ1) is 26.8. The first kappa shape index (κ1) is 44.9. The molecular weight excluding hydrogens is 705 g/mol. The summed E-state index contributed by atoms with van der Waals surface area (Å²) in [5, 5.41) is 40.3. The lowest BCUT2D eigenvalue weighted by molar-refractivity contribution is 0.103. The topological polar surface area (TPSA) is 134 Å². The Morgan fingerprint density at radius 3 is 1.48 bits per heavy atom. The van der Waals surface area contributed by atoms with Crippen LogP contribution in [-0.2, 0) is 12.8 Å². The zero-order chi connectivity index (χ0) is 41.4. The van der Waals surface area contributed by atoms with Gasteiger partial charge in [-0.1, -0.05) is 68.2 Å². The molecule has 0 aliphatic rings. The summed E-state index contributed by atoms with van der Waals surface area (Å²) < 4.78 is 12.0. The molecular formula is C48H60O8. The molecule has 4 rings (SSSR count). The Hall–Kier alpha value is -5.50. The van der Waals surface area contributed by atoms with Crippen LogP contribution in [0.2, 0.25) is 0 Å². The molecule has 8 nitrogen and oxygen atoms in total. The molecule has 0 radical (unpaired) electrons. The third-order valence-corrected chi connectivity index (χ3v) is 9.05. The number of benzene rings is 4. The van der Waals surface area contributed by atoms with Gasteiger partial charge < -0.3 is 29.9 Å². The Balaban J connectivity index is 0.000000300. The maximum absolute atomic E-state index is 12.5. The lowest BCUT2D eigenvalue weighted by Gasteiger charge is -2.22. The van der Waals surface area contributed by atoms with Crippen LogP contribution in [0.25, 0.3) is 12.2 Å². The fourth-order valence-corrected chi connectivity index (χ4v) is 6.20. The second-order valence-corrected chi connectivity index (χ2v) is 14.4. The maximum Gasteiger partial charge on any atom is 0.185 e. The Morgan fingerprint density at radius 2 is 1.05 bits per heavy atom. The molecule has 0 saturated carbocycles. The summed E-state index contributed by atoms with van der Waals surface area (Å²) in [5.41, 5.74) is 5.91. The first-order valence-corrected chi connectivity index (χ1v) is 19.8. The Labute approximate surface area is 333 Å². The van der Waals surface area contributed by atoms with Crippen LogP contribution in [-0.4, -0.2) is 45.2 Å². The van der Waals surface area contributed by atoms with Crippen molar-refractivity contribution < 1.29 is 39.5 Å². The highest BCUT2D eigenvalue weighted by Crippen LogP contribution is 2.43. The predicted molar refractivity (Wildman–Crippen MR) is 227 cm³/mol. The van der Waals surface area contributed by atoms with E-state index in [1.807, 2.05) is 53.7 Å². The highest BCUT2D eigenvalue weighted by Gasteiger charge is 2.22. The minimum Gasteiger partial charge on any atom is -0.508 e. The van der Waals surface area contributed by atoms with E-state index in [0.717, 1.165) is 71.9 Å². The highest BCUT2D eigenvalue weighted by atomic mass is 16.5. The first-order valence-electron chi connectivity index (χ1n) is 19.8. The van der Waals surface area contributed by atoms with Crippen LogP contribution >= 0.6 is 0 Å². The number of ketones is 2. The normalized spacial score (nSPS) is 11.3. The van der Waals surface area contributed by atoms with Gasteiger partial charge in [-0.05, 0) is 134 Å². The van der Waals surface area contributed by atoms with Gasteiger partial charge in [-0.25, -0.2) is 0 Å². The van der Waals surface area contributed by atoms with E-state index in [4.69, 9.17) is 9.47 Å². The summed E-state index contributed by atoms with van der Waals surface area (Å²) in [7, 11) is 0. The number of ether oxygens (including phenoxy) is 2. The molecule has 0 atom stereocenters. The van der Waals surface area contributed by atoms with Crippen molar-refractivity contribution in [3.05, 3.63) is 117 Å². The molecule has 56 heavy (non-hydrogen) atoms. The van der Waals surface area contributed by atoms with Crippen LogP contribution in [0.15, 0.2) is 72.8 Å². The predicted octanol–water partition coefficient (Wildman–Crippen LogP) is 11.7. The molecule has 0 spiro atoms. The molecule has 4 aromatic carbocycles. The van der Waals surface area contributed by atoms with E-state index in [-0.39, 0.29) is 40.7 Å². The van der Waals surface area contributed by atoms with Crippen LogP contribution in [0.3, 0.4) is 0 Å². The standard InChI is InChI=1S/2C24H30O4/c1-6-13-28-24-18(9-12-21(26)17-7-10-19(25)11-8-17)14-20(15(2)3)23(27)22(24)16(4)5;1-4-7-18-16-19(11-14-22(26)17-9-12-20(25)13-10-17)24(28-15-6-3)21(8-5-2)23(18)27/h7-12,14-16,25,27H,6,13H2,1-5H3;9-14,16,25,27H,4-8,15H2,1-3H3. The lowest BCUT2D eigenvalue weighted by Crippen LogP contribution is -2.05. The van der Waals surface area contributed by atoms with E-state index in [9.17, 15) is 30.0 Å². The number of carbonyl (C=O) groups is 2. The van der Waals surface area contributed by atoms with E-state index in [2.05, 4.69) is 13.8 Å². The number of rotatable bonds is 18. The second-order valence-electron chi connectivity index (χ2n) is 14.4. The van der Waals surface area contributed by atoms with E-state index in [1.165, 1.54) is 36.4 Å². The molecule has 0 unspecified atom stereocenters. The van der Waals surface area contributed by atoms with Gasteiger partial charge in [0.15, 0.2) is 11.6 Å². The Morgan fingerprint density at radius 1 is 0.589 bits per heavy atom. The van der Waals surface area contributed by atoms with Crippen molar-refractivity contribution in [2.75, 3.05) is 13.2 Å². The van der Waals surface area contributed by atoms with Gasteiger partial charge in [-0.15, -0.1) is 0 Å². The molecule has 0 aliphatic carbocycles. The van der Waals surface area contributed by atoms with Gasteiger partial charge >= 0.3 is 0 Å². The molecule has 0 bridgehead atoms. The van der Waals surface area contributed by atoms with E-state index >= 15 is 0 Å². The average molecular weight is 765 g/mol. The van der Waals surface area contributed by atoms with Crippen LogP contribution in [0, 0.1) is 0 Å². The molecule has 0 heterocycles. The molecule has 0 aliphatic heterocycles. The number of carbonyl (C=O) groups excluding carboxylic acids is 2. The molecule has 0 saturated heterocycles. The van der Waals surface area contributed by atoms with Crippen LogP contribution in [0.1, 0.15) is 147 Å². The smallest absolute Gasteiger partial charge is 0.185 e. The maximum atomic E-state index is 12.5. The average Bonchev–Trinajstić information content (AvgIpc) is 3.17. The molecule has 0 fully saturated rings. The number of hydrogen-bond acceptors (Lipinski definition) is 8. The summed E-state index contributed by atoms with van der Waals surface area (Å²) in [4.78, 5) is 25.0. The largest absolute Gasteiger partial charge is 0.508 e. The second kappa shape index (κ2) is 22.2. The Kier molecular flexibility index (Phi) is 17.8. The van der Waals surface area contributed by atoms with Crippen molar-refractivity contribution in [3.63, 3.8) is 0 Å². The number of aromatic hydroxyl groups is 4. The van der Waals surface area contributed by atoms with Gasteiger partial charge in [0, 0.05) is 33.4 Å². The third-order valence-electron chi connectivity index (χ3n) is 9.05. The number of aryl methyl sites for hydroxylation is 1. The lowest BCUT2D eigenvalue weighted by atomic mass is 9.90. The fraction of sp³-hybridized carbons (Fsp3) is 0.375. The van der Waals surface area contributed by atoms with Gasteiger partial charge in [0.05, 0.1) is 13.2 Å². The zero-order valence-corrected chi connectivity index (χ0v) is 34.3. The summed E-state index contributed by atoms with van der Waals surface area (Å²) in [5.74, 6) is 2.04. The molecule has 0 amide bonds. The third kappa shape index (κ3) is 12.3. The van der Waals surface area contributed by atoms with Crippen LogP contribution in [0.5, 0.6) is 34.5 Å². The van der Waals surface area contributed by atoms with Crippen molar-refractivity contribution in [1.82, 2.24) is 0 Å². The van der Waals surface area contributed by atoms with Gasteiger partial charge in [0.1, 0.15) is 34.5 Å². The summed E-state index contributed by atoms with van der Waals surface area (Å²) in [6, 6.07) is 16.2. The van der Waals surface area contributed by atoms with Gasteiger partial charge in [-0.3, -0.25) is 9.59 Å². The van der Waals surface area contributed by atoms with Crippen LogP contribution in [0.4, 0.5) is 0 Å². The summed E-state index contributed by atoms with van der Waals surface area (Å²) >= 11 is 0. The number of allylic oxidation sites excluding steroid dienone is 2. The molecule has 300 valence electrons. The van der Waals surface area contributed by atoms with E-state index in [1.54, 1.807) is 36.4 Å². The molecule has 4 aromatic rings. The van der Waals surface area contributed by atoms with Gasteiger partial charge in [0.25, 0.3) is 0 Å². The SMILES string of the molecule is CCCOc1c(C=CC(=O)c2ccc(O)cc2)cc(C(C)C)c(O)c1C(C)C.CCCOc1c(C=CC(=O)c2ccc(O)cc2)cc(CCC)c(O)c1CCC. The fourth-order valence-electron chi connectivity index (χ4n) is 6.20. The van der Waals surface area contributed by atoms with Crippen LogP contribution < -0.4 is 9.47 Å². The van der Waals surface area contributed by atoms with Crippen molar-refractivity contribution in [3.8, 4) is 34.5 Å². The van der Waals surface area contributed by atoms with E-state index < -0.39 is 0 Å². The monoisotopic (exact) mass is 764 g/mol.